The summed E-state index contributed by atoms with van der Waals surface area (Å²) in [5.41, 5.74) is 0.837. The third-order valence-electron chi connectivity index (χ3n) is 4.59. The minimum atomic E-state index is -0.462. The molecule has 1 saturated heterocycles. The van der Waals surface area contributed by atoms with Crippen LogP contribution in [0.5, 0.6) is 0 Å². The fourth-order valence-corrected chi connectivity index (χ4v) is 3.15. The molecule has 1 fully saturated rings. The molecule has 1 aromatic heterocycles. The molecule has 3 rings (SSSR count). The number of carbonyl (C=O) groups is 1. The van der Waals surface area contributed by atoms with Crippen molar-refractivity contribution in [3.05, 3.63) is 54.1 Å². The summed E-state index contributed by atoms with van der Waals surface area (Å²) in [5, 5.41) is 9.32. The van der Waals surface area contributed by atoms with Crippen LogP contribution in [0.25, 0.3) is 0 Å². The van der Waals surface area contributed by atoms with E-state index in [-0.39, 0.29) is 24.3 Å². The summed E-state index contributed by atoms with van der Waals surface area (Å²) < 4.78 is 18.4. The quantitative estimate of drug-likeness (QED) is 0.730. The lowest BCUT2D eigenvalue weighted by Crippen LogP contribution is -2.40. The van der Waals surface area contributed by atoms with Crippen LogP contribution in [0.15, 0.2) is 42.7 Å². The van der Waals surface area contributed by atoms with Crippen LogP contribution in [0.3, 0.4) is 0 Å². The number of aromatic nitrogens is 2. The maximum absolute atomic E-state index is 13.0. The van der Waals surface area contributed by atoms with Crippen LogP contribution < -0.4 is 4.90 Å². The Morgan fingerprint density at radius 3 is 2.78 bits per heavy atom. The number of hydrogen-bond acceptors (Lipinski definition) is 6. The molecule has 0 N–H and O–H groups in total. The Balaban J connectivity index is 1.51. The number of nitrogens with zero attached hydrogens (tertiary/aromatic N) is 4. The van der Waals surface area contributed by atoms with Crippen LogP contribution >= 0.6 is 0 Å². The molecule has 27 heavy (non-hydrogen) atoms. The average molecular weight is 368 g/mol. The third kappa shape index (κ3) is 5.23. The smallest absolute Gasteiger partial charge is 0.310 e. The van der Waals surface area contributed by atoms with E-state index in [4.69, 9.17) is 4.74 Å². The molecule has 0 spiro atoms. The summed E-state index contributed by atoms with van der Waals surface area (Å²) in [6.07, 6.45) is 5.37. The topological polar surface area (TPSA) is 79.1 Å². The van der Waals surface area contributed by atoms with Gasteiger partial charge in [0.1, 0.15) is 12.4 Å². The number of hydrogen-bond donors (Lipinski definition) is 0. The van der Waals surface area contributed by atoms with E-state index in [9.17, 15) is 14.4 Å². The molecule has 140 valence electrons. The minimum absolute atomic E-state index is 0.0328. The molecule has 2 atom stereocenters. The van der Waals surface area contributed by atoms with Crippen molar-refractivity contribution >= 4 is 11.9 Å². The second kappa shape index (κ2) is 9.08. The van der Waals surface area contributed by atoms with Crippen molar-refractivity contribution in [1.82, 2.24) is 9.97 Å². The zero-order valence-corrected chi connectivity index (χ0v) is 14.9. The molecule has 1 aliphatic rings. The lowest BCUT2D eigenvalue weighted by atomic mass is 9.98. The number of benzene rings is 1. The molecule has 2 aromatic rings. The molecule has 0 bridgehead atoms. The second-order valence-electron chi connectivity index (χ2n) is 6.62. The highest BCUT2D eigenvalue weighted by molar-refractivity contribution is 5.73. The molecule has 0 saturated carbocycles. The van der Waals surface area contributed by atoms with Gasteiger partial charge in [0, 0.05) is 25.5 Å². The zero-order valence-electron chi connectivity index (χ0n) is 14.9. The van der Waals surface area contributed by atoms with Crippen molar-refractivity contribution in [3.8, 4) is 6.07 Å². The highest BCUT2D eigenvalue weighted by Crippen LogP contribution is 2.21. The van der Waals surface area contributed by atoms with E-state index < -0.39 is 5.92 Å². The Kier molecular flexibility index (Phi) is 6.31. The minimum Gasteiger partial charge on any atom is -0.464 e. The van der Waals surface area contributed by atoms with Gasteiger partial charge >= 0.3 is 5.97 Å². The first-order chi connectivity index (χ1) is 13.2. The Morgan fingerprint density at radius 1 is 1.33 bits per heavy atom. The Bertz CT molecular complexity index is 792. The van der Waals surface area contributed by atoms with E-state index in [0.29, 0.717) is 18.9 Å². The van der Waals surface area contributed by atoms with Crippen LogP contribution in [-0.4, -0.2) is 35.6 Å². The first kappa shape index (κ1) is 18.8. The molecule has 2 heterocycles. The molecule has 0 radical (unpaired) electrons. The van der Waals surface area contributed by atoms with Gasteiger partial charge in [0.25, 0.3) is 0 Å². The van der Waals surface area contributed by atoms with Gasteiger partial charge in [-0.2, -0.15) is 5.26 Å². The standard InChI is InChI=1S/C20H21FN4O2/c21-18-6-4-15(5-7-18)11-16(12-22)14-27-19(26)17-3-1-10-25(13-17)20-23-8-2-9-24-20/h2,4-9,16-17H,1,3,10-11,13-14H2/t16-,17-/m1/s1. The fourth-order valence-electron chi connectivity index (χ4n) is 3.15. The molecular weight excluding hydrogens is 347 g/mol. The highest BCUT2D eigenvalue weighted by atomic mass is 19.1. The summed E-state index contributed by atoms with van der Waals surface area (Å²) in [4.78, 5) is 22.9. The first-order valence-corrected chi connectivity index (χ1v) is 8.98. The van der Waals surface area contributed by atoms with Crippen molar-refractivity contribution in [2.75, 3.05) is 24.6 Å². The molecule has 0 amide bonds. The number of piperidine rings is 1. The van der Waals surface area contributed by atoms with Gasteiger partial charge in [-0.25, -0.2) is 14.4 Å². The largest absolute Gasteiger partial charge is 0.464 e. The Hall–Kier alpha value is -3.01. The molecule has 0 unspecified atom stereocenters. The predicted molar refractivity (Wildman–Crippen MR) is 97.1 cm³/mol. The summed E-state index contributed by atoms with van der Waals surface area (Å²) in [7, 11) is 0. The number of rotatable bonds is 6. The van der Waals surface area contributed by atoms with Crippen LogP contribution in [0.1, 0.15) is 18.4 Å². The second-order valence-corrected chi connectivity index (χ2v) is 6.62. The summed E-state index contributed by atoms with van der Waals surface area (Å²) in [6, 6.07) is 9.91. The number of ether oxygens (including phenoxy) is 1. The van der Waals surface area contributed by atoms with Crippen molar-refractivity contribution in [2.24, 2.45) is 11.8 Å². The highest BCUT2D eigenvalue weighted by Gasteiger charge is 2.28. The number of anilines is 1. The molecule has 0 aliphatic carbocycles. The monoisotopic (exact) mass is 368 g/mol. The van der Waals surface area contributed by atoms with Crippen molar-refractivity contribution < 1.29 is 13.9 Å². The maximum Gasteiger partial charge on any atom is 0.310 e. The van der Waals surface area contributed by atoms with Gasteiger partial charge in [0.15, 0.2) is 0 Å². The summed E-state index contributed by atoms with van der Waals surface area (Å²) >= 11 is 0. The van der Waals surface area contributed by atoms with Crippen LogP contribution in [0.4, 0.5) is 10.3 Å². The van der Waals surface area contributed by atoms with Gasteiger partial charge in [-0.1, -0.05) is 12.1 Å². The fraction of sp³-hybridized carbons (Fsp3) is 0.400. The van der Waals surface area contributed by atoms with Gasteiger partial charge in [0.2, 0.25) is 5.95 Å². The SMILES string of the molecule is N#C[C@H](COC(=O)[C@@H]1CCCN(c2ncccn2)C1)Cc1ccc(F)cc1. The molecule has 7 heteroatoms. The van der Waals surface area contributed by atoms with Crippen LogP contribution in [0.2, 0.25) is 0 Å². The average Bonchev–Trinajstić information content (AvgIpc) is 2.73. The van der Waals surface area contributed by atoms with E-state index in [1.54, 1.807) is 30.6 Å². The zero-order chi connectivity index (χ0) is 19.1. The van der Waals surface area contributed by atoms with E-state index in [0.717, 1.165) is 24.9 Å². The Labute approximate surface area is 157 Å². The lowest BCUT2D eigenvalue weighted by Gasteiger charge is -2.31. The van der Waals surface area contributed by atoms with Gasteiger partial charge < -0.3 is 9.64 Å². The van der Waals surface area contributed by atoms with E-state index in [1.807, 2.05) is 4.90 Å². The van der Waals surface area contributed by atoms with Gasteiger partial charge in [0.05, 0.1) is 17.9 Å². The van der Waals surface area contributed by atoms with Crippen molar-refractivity contribution in [1.29, 1.82) is 5.26 Å². The van der Waals surface area contributed by atoms with E-state index >= 15 is 0 Å². The van der Waals surface area contributed by atoms with Crippen molar-refractivity contribution in [3.63, 3.8) is 0 Å². The van der Waals surface area contributed by atoms with Gasteiger partial charge in [-0.3, -0.25) is 4.79 Å². The van der Waals surface area contributed by atoms with Gasteiger partial charge in [-0.05, 0) is 43.0 Å². The van der Waals surface area contributed by atoms with Crippen LogP contribution in [-0.2, 0) is 16.0 Å². The predicted octanol–water partition coefficient (Wildman–Crippen LogP) is 2.76. The molecular formula is C20H21FN4O2. The lowest BCUT2D eigenvalue weighted by molar-refractivity contribution is -0.149. The van der Waals surface area contributed by atoms with E-state index in [1.165, 1.54) is 12.1 Å². The number of halogens is 1. The van der Waals surface area contributed by atoms with Gasteiger partial charge in [-0.15, -0.1) is 0 Å². The third-order valence-corrected chi connectivity index (χ3v) is 4.59. The molecule has 1 aromatic carbocycles. The normalized spacial score (nSPS) is 17.8. The van der Waals surface area contributed by atoms with Crippen molar-refractivity contribution in [2.45, 2.75) is 19.3 Å². The maximum atomic E-state index is 13.0. The van der Waals surface area contributed by atoms with E-state index in [2.05, 4.69) is 16.0 Å². The number of esters is 1. The molecule has 1 aliphatic heterocycles. The number of nitriles is 1. The van der Waals surface area contributed by atoms with Crippen LogP contribution in [0, 0.1) is 29.0 Å². The Morgan fingerprint density at radius 2 is 2.07 bits per heavy atom. The first-order valence-electron chi connectivity index (χ1n) is 8.98. The molecule has 6 nitrogen and oxygen atoms in total. The summed E-state index contributed by atoms with van der Waals surface area (Å²) in [5.74, 6) is -0.719. The summed E-state index contributed by atoms with van der Waals surface area (Å²) in [6.45, 7) is 1.35. The number of carbonyl (C=O) groups excluding carboxylic acids is 1.